The lowest BCUT2D eigenvalue weighted by molar-refractivity contribution is -0.303. The van der Waals surface area contributed by atoms with Crippen molar-refractivity contribution in [2.24, 2.45) is 0 Å². The molecule has 0 radical (unpaired) electrons. The lowest BCUT2D eigenvalue weighted by Gasteiger charge is -2.40. The molecule has 1 heterocycles. The van der Waals surface area contributed by atoms with E-state index in [-0.39, 0.29) is 18.9 Å². The van der Waals surface area contributed by atoms with Gasteiger partial charge < -0.3 is 45.4 Å². The van der Waals surface area contributed by atoms with Crippen molar-refractivity contribution in [2.45, 2.75) is 288 Å². The number of hydrogen-bond donors (Lipinski definition) is 7. The highest BCUT2D eigenvalue weighted by Gasteiger charge is 2.44. The molecule has 10 nitrogen and oxygen atoms in total. The maximum absolute atomic E-state index is 13.0. The lowest BCUT2D eigenvalue weighted by atomic mass is 9.98. The van der Waals surface area contributed by atoms with Gasteiger partial charge in [-0.2, -0.15) is 0 Å². The van der Waals surface area contributed by atoms with Crippen molar-refractivity contribution in [2.75, 3.05) is 13.2 Å². The van der Waals surface area contributed by atoms with Gasteiger partial charge in [-0.05, 0) is 12.8 Å². The molecule has 1 aliphatic heterocycles. The van der Waals surface area contributed by atoms with E-state index in [9.17, 15) is 35.4 Å². The summed E-state index contributed by atoms with van der Waals surface area (Å²) in [4.78, 5) is 13.0. The van der Waals surface area contributed by atoms with Gasteiger partial charge in [0.2, 0.25) is 5.91 Å². The molecule has 0 aromatic heterocycles. The molecule has 7 N–H and O–H groups in total. The van der Waals surface area contributed by atoms with Crippen molar-refractivity contribution in [3.63, 3.8) is 0 Å². The van der Waals surface area contributed by atoms with E-state index in [1.807, 2.05) is 0 Å². The Morgan fingerprint density at radius 1 is 0.534 bits per heavy atom. The molecular weight excluding hydrogens is 735 g/mol. The Bertz CT molecular complexity index is 895. The Morgan fingerprint density at radius 2 is 0.897 bits per heavy atom. The predicted molar refractivity (Wildman–Crippen MR) is 237 cm³/mol. The van der Waals surface area contributed by atoms with Crippen LogP contribution in [0.15, 0.2) is 0 Å². The van der Waals surface area contributed by atoms with E-state index in [0.717, 1.165) is 38.5 Å². The lowest BCUT2D eigenvalue weighted by Crippen LogP contribution is -2.60. The quantitative estimate of drug-likeness (QED) is 0.0296. The van der Waals surface area contributed by atoms with Crippen LogP contribution in [-0.2, 0) is 14.3 Å². The molecule has 0 spiro atoms. The smallest absolute Gasteiger partial charge is 0.220 e. The molecule has 2 unspecified atom stereocenters. The Balaban J connectivity index is 2.33. The number of nitrogens with one attached hydrogen (secondary N) is 1. The van der Waals surface area contributed by atoms with Gasteiger partial charge in [0.25, 0.3) is 0 Å². The van der Waals surface area contributed by atoms with Crippen molar-refractivity contribution >= 4 is 5.91 Å². The molecule has 0 saturated carbocycles. The number of aliphatic hydroxyl groups excluding tert-OH is 6. The van der Waals surface area contributed by atoms with E-state index in [2.05, 4.69) is 19.2 Å². The normalized spacial score (nSPS) is 21.3. The van der Waals surface area contributed by atoms with Gasteiger partial charge in [-0.1, -0.05) is 219 Å². The molecule has 1 rings (SSSR count). The van der Waals surface area contributed by atoms with E-state index < -0.39 is 55.6 Å². The Kier molecular flexibility index (Phi) is 37.1. The molecule has 0 aromatic carbocycles. The van der Waals surface area contributed by atoms with E-state index in [4.69, 9.17) is 9.47 Å². The maximum Gasteiger partial charge on any atom is 0.220 e. The van der Waals surface area contributed by atoms with E-state index in [0.29, 0.717) is 6.42 Å². The van der Waals surface area contributed by atoms with Crippen molar-refractivity contribution in [3.8, 4) is 0 Å². The summed E-state index contributed by atoms with van der Waals surface area (Å²) in [6.45, 7) is 3.63. The second kappa shape index (κ2) is 39.0. The fraction of sp³-hybridized carbons (Fsp3) is 0.979. The highest BCUT2D eigenvalue weighted by atomic mass is 16.7. The van der Waals surface area contributed by atoms with Crippen molar-refractivity contribution in [3.05, 3.63) is 0 Å². The zero-order chi connectivity index (χ0) is 42.5. The van der Waals surface area contributed by atoms with Gasteiger partial charge in [-0.25, -0.2) is 0 Å². The van der Waals surface area contributed by atoms with Gasteiger partial charge in [-0.15, -0.1) is 0 Å². The van der Waals surface area contributed by atoms with Crippen LogP contribution in [-0.4, -0.2) is 98.7 Å². The molecule has 0 aromatic rings. The van der Waals surface area contributed by atoms with Crippen LogP contribution >= 0.6 is 0 Å². The topological polar surface area (TPSA) is 169 Å². The van der Waals surface area contributed by atoms with Gasteiger partial charge in [0.05, 0.1) is 25.4 Å². The largest absolute Gasteiger partial charge is 0.394 e. The zero-order valence-electron chi connectivity index (χ0n) is 37.7. The number of carbonyl (C=O) groups excluding carboxylic acids is 1. The summed E-state index contributed by atoms with van der Waals surface area (Å²) in [5.41, 5.74) is 0. The first kappa shape index (κ1) is 55.2. The first-order valence-electron chi connectivity index (χ1n) is 24.8. The minimum absolute atomic E-state index is 0.253. The Hall–Kier alpha value is -0.850. The third-order valence-corrected chi connectivity index (χ3v) is 12.3. The fourth-order valence-corrected chi connectivity index (χ4v) is 8.26. The first-order valence-corrected chi connectivity index (χ1v) is 24.8. The van der Waals surface area contributed by atoms with Crippen LogP contribution in [0.25, 0.3) is 0 Å². The molecule has 1 fully saturated rings. The minimum atomic E-state index is -1.60. The Labute approximate surface area is 356 Å². The van der Waals surface area contributed by atoms with Gasteiger partial charge in [0, 0.05) is 6.42 Å². The van der Waals surface area contributed by atoms with Crippen LogP contribution in [0.1, 0.15) is 239 Å². The predicted octanol–water partition coefficient (Wildman–Crippen LogP) is 9.70. The van der Waals surface area contributed by atoms with Crippen LogP contribution in [0.3, 0.4) is 0 Å². The van der Waals surface area contributed by atoms with Crippen molar-refractivity contribution in [1.82, 2.24) is 5.32 Å². The number of ether oxygens (including phenoxy) is 2. The zero-order valence-corrected chi connectivity index (χ0v) is 37.7. The second-order valence-corrected chi connectivity index (χ2v) is 17.8. The highest BCUT2D eigenvalue weighted by molar-refractivity contribution is 5.76. The average molecular weight is 830 g/mol. The van der Waals surface area contributed by atoms with Crippen molar-refractivity contribution in [1.29, 1.82) is 0 Å². The van der Waals surface area contributed by atoms with Gasteiger partial charge in [0.15, 0.2) is 6.29 Å². The van der Waals surface area contributed by atoms with Crippen LogP contribution in [0.2, 0.25) is 0 Å². The number of amides is 1. The number of rotatable bonds is 42. The molecule has 0 aliphatic carbocycles. The number of hydrogen-bond acceptors (Lipinski definition) is 9. The molecule has 346 valence electrons. The fourth-order valence-electron chi connectivity index (χ4n) is 8.26. The van der Waals surface area contributed by atoms with E-state index >= 15 is 0 Å². The molecule has 58 heavy (non-hydrogen) atoms. The average Bonchev–Trinajstić information content (AvgIpc) is 3.22. The van der Waals surface area contributed by atoms with Crippen LogP contribution in [0.5, 0.6) is 0 Å². The first-order chi connectivity index (χ1) is 28.3. The summed E-state index contributed by atoms with van der Waals surface area (Å²) in [6.07, 6.45) is 32.5. The van der Waals surface area contributed by atoms with Crippen LogP contribution in [0, 0.1) is 0 Å². The third-order valence-electron chi connectivity index (χ3n) is 12.3. The second-order valence-electron chi connectivity index (χ2n) is 17.8. The monoisotopic (exact) mass is 830 g/mol. The van der Waals surface area contributed by atoms with Crippen LogP contribution < -0.4 is 5.32 Å². The number of carbonyl (C=O) groups is 1. The summed E-state index contributed by atoms with van der Waals surface area (Å²) in [5.74, 6) is -0.253. The summed E-state index contributed by atoms with van der Waals surface area (Å²) < 4.78 is 11.2. The highest BCUT2D eigenvalue weighted by Crippen LogP contribution is 2.23. The van der Waals surface area contributed by atoms with Crippen molar-refractivity contribution < 1.29 is 44.9 Å². The van der Waals surface area contributed by atoms with Gasteiger partial charge >= 0.3 is 0 Å². The van der Waals surface area contributed by atoms with E-state index in [1.165, 1.54) is 173 Å². The maximum atomic E-state index is 13.0. The SMILES string of the molecule is CCCCCCCCCCCCCCCCCCCCCC(=O)N[C@@H](CO[C@@H]1O[C@H](CO)[C@H](O)C(O)C1O)[C@H](O)[C@H](O)CCCCCCCCCCCCCCCC. The summed E-state index contributed by atoms with van der Waals surface area (Å²) >= 11 is 0. The standard InChI is InChI=1S/C48H95NO9/c1-3-5-7-9-11-13-15-17-19-20-21-22-23-25-27-29-31-33-35-37-43(52)49-40(39-57-48-47(56)46(55)45(54)42(38-50)58-48)44(53)41(51)36-34-32-30-28-26-24-18-16-14-12-10-8-6-4-2/h40-42,44-48,50-51,53-56H,3-39H2,1-2H3,(H,49,52)/t40-,41+,42+,44-,45-,46?,47?,48+/m0/s1. The summed E-state index contributed by atoms with van der Waals surface area (Å²) in [6, 6.07) is -0.984. The Morgan fingerprint density at radius 3 is 1.28 bits per heavy atom. The van der Waals surface area contributed by atoms with E-state index in [1.54, 1.807) is 0 Å². The molecule has 8 atom stereocenters. The number of aliphatic hydroxyl groups is 6. The molecule has 1 saturated heterocycles. The molecular formula is C48H95NO9. The molecule has 1 amide bonds. The molecule has 0 bridgehead atoms. The summed E-state index contributed by atoms with van der Waals surface area (Å²) in [5, 5.41) is 65.3. The summed E-state index contributed by atoms with van der Waals surface area (Å²) in [7, 11) is 0. The van der Waals surface area contributed by atoms with Gasteiger partial charge in [0.1, 0.15) is 30.5 Å². The third kappa shape index (κ3) is 28.6. The van der Waals surface area contributed by atoms with Gasteiger partial charge in [-0.3, -0.25) is 4.79 Å². The molecule has 1 aliphatic rings. The number of unbranched alkanes of at least 4 members (excludes halogenated alkanes) is 31. The molecule has 10 heteroatoms. The van der Waals surface area contributed by atoms with Crippen LogP contribution in [0.4, 0.5) is 0 Å². The minimum Gasteiger partial charge on any atom is -0.394 e.